The Hall–Kier alpha value is -2.71. The van der Waals surface area contributed by atoms with Gasteiger partial charge in [0, 0.05) is 17.3 Å². The van der Waals surface area contributed by atoms with Gasteiger partial charge in [0.2, 0.25) is 0 Å². The second-order valence-electron chi connectivity index (χ2n) is 8.42. The number of aliphatic imine (C=N–C) groups is 1. The van der Waals surface area contributed by atoms with E-state index < -0.39 is 5.82 Å². The zero-order chi connectivity index (χ0) is 23.0. The van der Waals surface area contributed by atoms with E-state index in [0.29, 0.717) is 47.8 Å². The van der Waals surface area contributed by atoms with Gasteiger partial charge in [-0.2, -0.15) is 0 Å². The maximum Gasteiger partial charge on any atom is 0.258 e. The molecule has 1 aromatic rings. The van der Waals surface area contributed by atoms with Gasteiger partial charge < -0.3 is 25.5 Å². The molecule has 4 rings (SSSR count). The van der Waals surface area contributed by atoms with Crippen molar-refractivity contribution < 1.29 is 19.0 Å². The van der Waals surface area contributed by atoms with E-state index in [1.54, 1.807) is 6.92 Å². The molecule has 1 amide bonds. The Balaban J connectivity index is 1.55. The van der Waals surface area contributed by atoms with Crippen molar-refractivity contribution in [3.63, 3.8) is 0 Å². The van der Waals surface area contributed by atoms with Crippen molar-refractivity contribution in [2.75, 3.05) is 13.1 Å². The minimum absolute atomic E-state index is 0.122. The summed E-state index contributed by atoms with van der Waals surface area (Å²) in [5, 5.41) is 21.7. The van der Waals surface area contributed by atoms with Crippen LogP contribution >= 0.6 is 11.6 Å². The lowest BCUT2D eigenvalue weighted by Crippen LogP contribution is -2.31. The number of benzene rings is 1. The lowest BCUT2D eigenvalue weighted by Gasteiger charge is -2.27. The van der Waals surface area contributed by atoms with E-state index >= 15 is 0 Å². The Morgan fingerprint density at radius 2 is 2.00 bits per heavy atom. The molecular formula is C23H26ClFN4O3. The molecule has 3 N–H and O–H groups in total. The van der Waals surface area contributed by atoms with Gasteiger partial charge in [0.15, 0.2) is 0 Å². The first-order valence-corrected chi connectivity index (χ1v) is 11.0. The highest BCUT2D eigenvalue weighted by Gasteiger charge is 2.32. The van der Waals surface area contributed by atoms with E-state index in [9.17, 15) is 14.3 Å². The molecule has 1 saturated heterocycles. The smallest absolute Gasteiger partial charge is 0.258 e. The summed E-state index contributed by atoms with van der Waals surface area (Å²) in [6.45, 7) is 3.95. The number of allylic oxidation sites excluding steroid dienone is 2. The molecular weight excluding hydrogens is 435 g/mol. The van der Waals surface area contributed by atoms with Gasteiger partial charge in [-0.3, -0.25) is 4.79 Å². The fourth-order valence-corrected chi connectivity index (χ4v) is 4.25. The van der Waals surface area contributed by atoms with E-state index in [4.69, 9.17) is 21.7 Å². The van der Waals surface area contributed by atoms with Crippen molar-refractivity contribution in [2.24, 2.45) is 4.99 Å². The number of amides is 1. The Kier molecular flexibility index (Phi) is 6.35. The molecule has 7 nitrogen and oxygen atoms in total. The average molecular weight is 461 g/mol. The van der Waals surface area contributed by atoms with Crippen molar-refractivity contribution in [3.05, 3.63) is 51.7 Å². The van der Waals surface area contributed by atoms with Gasteiger partial charge in [0.25, 0.3) is 5.91 Å². The highest BCUT2D eigenvalue weighted by molar-refractivity contribution is 6.43. The summed E-state index contributed by atoms with van der Waals surface area (Å²) in [4.78, 5) is 19.3. The molecule has 0 radical (unpaired) electrons. The predicted octanol–water partition coefficient (Wildman–Crippen LogP) is 3.73. The number of nitrogens with one attached hydrogen (secondary N) is 2. The quantitative estimate of drug-likeness (QED) is 0.640. The van der Waals surface area contributed by atoms with E-state index in [-0.39, 0.29) is 48.2 Å². The molecule has 2 aliphatic heterocycles. The van der Waals surface area contributed by atoms with Crippen LogP contribution in [0.2, 0.25) is 0 Å². The zero-order valence-corrected chi connectivity index (χ0v) is 18.8. The van der Waals surface area contributed by atoms with Crippen LogP contribution in [0.25, 0.3) is 0 Å². The monoisotopic (exact) mass is 460 g/mol. The Morgan fingerprint density at radius 3 is 2.69 bits per heavy atom. The lowest BCUT2D eigenvalue weighted by molar-refractivity contribution is 0.0640. The number of halogens is 2. The summed E-state index contributed by atoms with van der Waals surface area (Å²) in [6.07, 6.45) is 2.02. The number of aliphatic hydroxyl groups is 1. The second-order valence-corrected chi connectivity index (χ2v) is 8.79. The standard InChI is InChI=1S/C23H26ClFN4O3/c1-12-21(24)13(2)28-22(27-12)18-10-29(11-19(18)26)23(31)17-8-3-14(25)9-20(17)32-16-6-4-15(30)5-7-16/h3,8-9,15-16,26-27,30H,4-7,10-11H2,1-2H3/b22-18+,26-19?/t15-,16-. The molecule has 1 saturated carbocycles. The van der Waals surface area contributed by atoms with Crippen LogP contribution < -0.4 is 10.1 Å². The third-order valence-electron chi connectivity index (χ3n) is 5.98. The predicted molar refractivity (Wildman–Crippen MR) is 121 cm³/mol. The Morgan fingerprint density at radius 1 is 1.28 bits per heavy atom. The molecule has 0 bridgehead atoms. The van der Waals surface area contributed by atoms with Gasteiger partial charge in [-0.15, -0.1) is 0 Å². The lowest BCUT2D eigenvalue weighted by atomic mass is 9.95. The molecule has 9 heteroatoms. The highest BCUT2D eigenvalue weighted by atomic mass is 35.5. The van der Waals surface area contributed by atoms with Crippen molar-refractivity contribution >= 4 is 28.9 Å². The van der Waals surface area contributed by atoms with E-state index in [0.717, 1.165) is 5.70 Å². The number of hydrogen-bond acceptors (Lipinski definition) is 6. The van der Waals surface area contributed by atoms with Crippen LogP contribution in [0.15, 0.2) is 45.3 Å². The third-order valence-corrected chi connectivity index (χ3v) is 6.54. The molecule has 2 heterocycles. The van der Waals surface area contributed by atoms with Gasteiger partial charge in [-0.05, 0) is 51.7 Å². The SMILES string of the molecule is CC1=N/C(=C2\CN(C(=O)c3ccc(F)cc3O[C@H]3CC[C@H](O)CC3)CC2=N)NC(C)=C1Cl. The minimum Gasteiger partial charge on any atom is -0.489 e. The summed E-state index contributed by atoms with van der Waals surface area (Å²) in [5.41, 5.74) is 2.55. The Labute approximate surface area is 191 Å². The first-order chi connectivity index (χ1) is 15.2. The number of ether oxygens (including phenoxy) is 1. The largest absolute Gasteiger partial charge is 0.489 e. The molecule has 1 aromatic carbocycles. The fourth-order valence-electron chi connectivity index (χ4n) is 4.16. The van der Waals surface area contributed by atoms with Crippen LogP contribution in [0.4, 0.5) is 4.39 Å². The van der Waals surface area contributed by atoms with Gasteiger partial charge in [0.1, 0.15) is 17.4 Å². The van der Waals surface area contributed by atoms with Gasteiger partial charge in [-0.25, -0.2) is 9.38 Å². The molecule has 0 unspecified atom stereocenters. The number of likely N-dealkylation sites (tertiary alicyclic amines) is 1. The normalized spacial score (nSPS) is 26.2. The summed E-state index contributed by atoms with van der Waals surface area (Å²) < 4.78 is 19.9. The van der Waals surface area contributed by atoms with Crippen LogP contribution in [0.5, 0.6) is 5.75 Å². The highest BCUT2D eigenvalue weighted by Crippen LogP contribution is 2.30. The molecule has 3 aliphatic rings. The van der Waals surface area contributed by atoms with Crippen LogP contribution in [0, 0.1) is 11.2 Å². The van der Waals surface area contributed by atoms with Crippen LogP contribution in [0.1, 0.15) is 49.9 Å². The number of nitrogens with zero attached hydrogens (tertiary/aromatic N) is 2. The second kappa shape index (κ2) is 9.03. The van der Waals surface area contributed by atoms with Crippen molar-refractivity contribution in [3.8, 4) is 5.75 Å². The van der Waals surface area contributed by atoms with E-state index in [2.05, 4.69) is 10.3 Å². The number of rotatable bonds is 3. The molecule has 0 spiro atoms. The van der Waals surface area contributed by atoms with Crippen molar-refractivity contribution in [1.82, 2.24) is 10.2 Å². The molecule has 32 heavy (non-hydrogen) atoms. The summed E-state index contributed by atoms with van der Waals surface area (Å²) in [5.74, 6) is -0.113. The maximum atomic E-state index is 14.0. The summed E-state index contributed by atoms with van der Waals surface area (Å²) >= 11 is 6.19. The molecule has 0 aromatic heterocycles. The molecule has 1 aliphatic carbocycles. The maximum absolute atomic E-state index is 14.0. The fraction of sp³-hybridized carbons (Fsp3) is 0.435. The molecule has 0 atom stereocenters. The zero-order valence-electron chi connectivity index (χ0n) is 18.0. The number of hydrogen-bond donors (Lipinski definition) is 3. The number of carbonyl (C=O) groups excluding carboxylic acids is 1. The summed E-state index contributed by atoms with van der Waals surface area (Å²) in [7, 11) is 0. The average Bonchev–Trinajstić information content (AvgIpc) is 3.14. The van der Waals surface area contributed by atoms with Crippen LogP contribution in [-0.4, -0.2) is 52.6 Å². The minimum atomic E-state index is -0.486. The topological polar surface area (TPSA) is 98.0 Å². The van der Waals surface area contributed by atoms with Crippen LogP contribution in [0.3, 0.4) is 0 Å². The first-order valence-electron chi connectivity index (χ1n) is 10.7. The van der Waals surface area contributed by atoms with Gasteiger partial charge in [0.05, 0.1) is 47.3 Å². The number of aliphatic hydroxyl groups excluding tert-OH is 1. The summed E-state index contributed by atoms with van der Waals surface area (Å²) in [6, 6.07) is 3.89. The van der Waals surface area contributed by atoms with E-state index in [1.165, 1.54) is 23.1 Å². The number of carbonyl (C=O) groups is 1. The van der Waals surface area contributed by atoms with Gasteiger partial charge >= 0.3 is 0 Å². The molecule has 170 valence electrons. The van der Waals surface area contributed by atoms with Crippen molar-refractivity contribution in [1.29, 1.82) is 5.41 Å². The molecule has 2 fully saturated rings. The van der Waals surface area contributed by atoms with Crippen molar-refractivity contribution in [2.45, 2.75) is 51.7 Å². The van der Waals surface area contributed by atoms with Gasteiger partial charge in [-0.1, -0.05) is 11.6 Å². The van der Waals surface area contributed by atoms with E-state index in [1.807, 2.05) is 6.92 Å². The Bertz CT molecular complexity index is 1060. The van der Waals surface area contributed by atoms with Crippen LogP contribution in [-0.2, 0) is 0 Å². The first kappa shape index (κ1) is 22.5. The third kappa shape index (κ3) is 4.56.